The van der Waals surface area contributed by atoms with Crippen LogP contribution in [0.15, 0.2) is 27.8 Å². The van der Waals surface area contributed by atoms with E-state index in [1.54, 1.807) is 6.26 Å². The molecule has 1 N–H and O–H groups in total. The maximum atomic E-state index is 5.46. The third-order valence-corrected chi connectivity index (χ3v) is 5.21. The summed E-state index contributed by atoms with van der Waals surface area (Å²) in [6, 6.07) is 3.98. The van der Waals surface area contributed by atoms with E-state index in [2.05, 4.69) is 22.0 Å². The lowest BCUT2D eigenvalue weighted by Crippen LogP contribution is -2.43. The first kappa shape index (κ1) is 19.2. The monoisotopic (exact) mass is 362 g/mol. The molecule has 26 heavy (non-hydrogen) atoms. The molecule has 3 heterocycles. The molecule has 0 aliphatic carbocycles. The lowest BCUT2D eigenvalue weighted by Gasteiger charge is -2.29. The average Bonchev–Trinajstić information content (AvgIpc) is 3.34. The van der Waals surface area contributed by atoms with Crippen LogP contribution in [0.2, 0.25) is 0 Å². The van der Waals surface area contributed by atoms with Gasteiger partial charge in [-0.2, -0.15) is 0 Å². The second-order valence-electron chi connectivity index (χ2n) is 7.33. The van der Waals surface area contributed by atoms with E-state index >= 15 is 0 Å². The van der Waals surface area contributed by atoms with Crippen LogP contribution in [0.1, 0.15) is 31.9 Å². The standard InChI is InChI=1S/C20H34N4O2/c1-2-3-8-21-20(22-9-6-19-5-4-13-26-19)24-10-7-18(17-24)16-23-11-14-25-15-12-23/h4-5,13,18H,2-3,6-12,14-17H2,1H3,(H,21,22). The number of nitrogens with one attached hydrogen (secondary N) is 1. The number of furan rings is 1. The van der Waals surface area contributed by atoms with E-state index in [4.69, 9.17) is 14.1 Å². The van der Waals surface area contributed by atoms with Crippen molar-refractivity contribution in [2.75, 3.05) is 59.0 Å². The van der Waals surface area contributed by atoms with E-state index in [9.17, 15) is 0 Å². The Bertz CT molecular complexity index is 526. The lowest BCUT2D eigenvalue weighted by atomic mass is 10.1. The first-order chi connectivity index (χ1) is 12.8. The van der Waals surface area contributed by atoms with Crippen LogP contribution < -0.4 is 5.32 Å². The highest BCUT2D eigenvalue weighted by atomic mass is 16.5. The highest BCUT2D eigenvalue weighted by Crippen LogP contribution is 2.18. The zero-order valence-corrected chi connectivity index (χ0v) is 16.2. The van der Waals surface area contributed by atoms with Crippen molar-refractivity contribution >= 4 is 5.96 Å². The van der Waals surface area contributed by atoms with E-state index in [0.29, 0.717) is 0 Å². The Hall–Kier alpha value is -1.53. The van der Waals surface area contributed by atoms with Crippen molar-refractivity contribution in [3.05, 3.63) is 24.2 Å². The fraction of sp³-hybridized carbons (Fsp3) is 0.750. The number of hydrogen-bond donors (Lipinski definition) is 1. The van der Waals surface area contributed by atoms with Gasteiger partial charge < -0.3 is 19.4 Å². The molecule has 0 spiro atoms. The normalized spacial score (nSPS) is 22.1. The highest BCUT2D eigenvalue weighted by Gasteiger charge is 2.27. The van der Waals surface area contributed by atoms with Gasteiger partial charge in [-0.1, -0.05) is 13.3 Å². The van der Waals surface area contributed by atoms with Gasteiger partial charge in [-0.3, -0.25) is 9.89 Å². The van der Waals surface area contributed by atoms with Crippen LogP contribution in [0, 0.1) is 5.92 Å². The van der Waals surface area contributed by atoms with Gasteiger partial charge in [-0.15, -0.1) is 0 Å². The van der Waals surface area contributed by atoms with E-state index in [-0.39, 0.29) is 0 Å². The number of ether oxygens (including phenoxy) is 1. The van der Waals surface area contributed by atoms with Gasteiger partial charge >= 0.3 is 0 Å². The lowest BCUT2D eigenvalue weighted by molar-refractivity contribution is 0.0315. The largest absolute Gasteiger partial charge is 0.469 e. The third-order valence-electron chi connectivity index (χ3n) is 5.21. The third kappa shape index (κ3) is 6.02. The zero-order chi connectivity index (χ0) is 18.0. The predicted octanol–water partition coefficient (Wildman–Crippen LogP) is 2.22. The second-order valence-corrected chi connectivity index (χ2v) is 7.33. The maximum absolute atomic E-state index is 5.46. The number of rotatable bonds is 8. The molecule has 0 radical (unpaired) electrons. The molecule has 2 saturated heterocycles. The molecule has 0 aromatic carbocycles. The second kappa shape index (κ2) is 10.6. The summed E-state index contributed by atoms with van der Waals surface area (Å²) in [5.74, 6) is 2.84. The van der Waals surface area contributed by atoms with Crippen molar-refractivity contribution in [3.8, 4) is 0 Å². The zero-order valence-electron chi connectivity index (χ0n) is 16.2. The summed E-state index contributed by atoms with van der Waals surface area (Å²) in [6.07, 6.45) is 6.22. The Labute approximate surface area is 157 Å². The van der Waals surface area contributed by atoms with Crippen LogP contribution in [0.25, 0.3) is 0 Å². The van der Waals surface area contributed by atoms with E-state index in [1.165, 1.54) is 19.4 Å². The SMILES string of the molecule is CCCCN=C(NCCc1ccco1)N1CCC(CN2CCOCC2)C1. The molecule has 2 aliphatic heterocycles. The minimum Gasteiger partial charge on any atom is -0.469 e. The summed E-state index contributed by atoms with van der Waals surface area (Å²) in [7, 11) is 0. The molecule has 1 aromatic heterocycles. The van der Waals surface area contributed by atoms with Crippen molar-refractivity contribution in [3.63, 3.8) is 0 Å². The van der Waals surface area contributed by atoms with E-state index < -0.39 is 0 Å². The first-order valence-electron chi connectivity index (χ1n) is 10.2. The minimum absolute atomic E-state index is 0.733. The summed E-state index contributed by atoms with van der Waals surface area (Å²) in [6.45, 7) is 11.3. The molecule has 2 aliphatic rings. The molecule has 1 aromatic rings. The van der Waals surface area contributed by atoms with Crippen LogP contribution in [0.5, 0.6) is 0 Å². The van der Waals surface area contributed by atoms with Gasteiger partial charge in [0.15, 0.2) is 5.96 Å². The van der Waals surface area contributed by atoms with Crippen LogP contribution >= 0.6 is 0 Å². The highest BCUT2D eigenvalue weighted by molar-refractivity contribution is 5.80. The molecule has 0 bridgehead atoms. The Morgan fingerprint density at radius 3 is 2.96 bits per heavy atom. The van der Waals surface area contributed by atoms with Gasteiger partial charge in [-0.25, -0.2) is 0 Å². The molecule has 1 unspecified atom stereocenters. The summed E-state index contributed by atoms with van der Waals surface area (Å²) < 4.78 is 10.9. The summed E-state index contributed by atoms with van der Waals surface area (Å²) >= 11 is 0. The van der Waals surface area contributed by atoms with E-state index in [1.807, 2.05) is 12.1 Å². The number of aliphatic imine (C=N–C) groups is 1. The van der Waals surface area contributed by atoms with Crippen LogP contribution in [0.4, 0.5) is 0 Å². The molecule has 0 amide bonds. The molecule has 146 valence electrons. The van der Waals surface area contributed by atoms with Crippen molar-refractivity contribution in [1.82, 2.24) is 15.1 Å². The van der Waals surface area contributed by atoms with Crippen LogP contribution in [-0.4, -0.2) is 74.8 Å². The average molecular weight is 363 g/mol. The molecule has 2 fully saturated rings. The van der Waals surface area contributed by atoms with Crippen molar-refractivity contribution in [2.24, 2.45) is 10.9 Å². The van der Waals surface area contributed by atoms with Gasteiger partial charge in [0.1, 0.15) is 5.76 Å². The predicted molar refractivity (Wildman–Crippen MR) is 105 cm³/mol. The number of morpholine rings is 1. The fourth-order valence-corrected chi connectivity index (χ4v) is 3.69. The van der Waals surface area contributed by atoms with Crippen LogP contribution in [0.3, 0.4) is 0 Å². The Kier molecular flexibility index (Phi) is 7.83. The number of nitrogens with zero attached hydrogens (tertiary/aromatic N) is 3. The number of hydrogen-bond acceptors (Lipinski definition) is 4. The quantitative estimate of drug-likeness (QED) is 0.437. The summed E-state index contributed by atoms with van der Waals surface area (Å²) in [5.41, 5.74) is 0. The van der Waals surface area contributed by atoms with Crippen LogP contribution in [-0.2, 0) is 11.2 Å². The summed E-state index contributed by atoms with van der Waals surface area (Å²) in [5, 5.41) is 3.57. The van der Waals surface area contributed by atoms with Gasteiger partial charge in [0.25, 0.3) is 0 Å². The number of guanidine groups is 1. The van der Waals surface area contributed by atoms with Gasteiger partial charge in [0.2, 0.25) is 0 Å². The maximum Gasteiger partial charge on any atom is 0.193 e. The van der Waals surface area contributed by atoms with Crippen molar-refractivity contribution in [1.29, 1.82) is 0 Å². The summed E-state index contributed by atoms with van der Waals surface area (Å²) in [4.78, 5) is 9.86. The Balaban J connectivity index is 1.48. The molecule has 6 heteroatoms. The molecule has 1 atom stereocenters. The molecular weight excluding hydrogens is 328 g/mol. The molecule has 0 saturated carbocycles. The van der Waals surface area contributed by atoms with Gasteiger partial charge in [0, 0.05) is 52.2 Å². The Morgan fingerprint density at radius 1 is 1.31 bits per heavy atom. The van der Waals surface area contributed by atoms with E-state index in [0.717, 1.165) is 83.0 Å². The van der Waals surface area contributed by atoms with Gasteiger partial charge in [-0.05, 0) is 30.9 Å². The smallest absolute Gasteiger partial charge is 0.193 e. The topological polar surface area (TPSA) is 53.2 Å². The number of unbranched alkanes of at least 4 members (excludes halogenated alkanes) is 1. The van der Waals surface area contributed by atoms with Crippen molar-refractivity contribution < 1.29 is 9.15 Å². The molecular formula is C20H34N4O2. The fourth-order valence-electron chi connectivity index (χ4n) is 3.69. The molecule has 3 rings (SSSR count). The molecule has 6 nitrogen and oxygen atoms in total. The van der Waals surface area contributed by atoms with Gasteiger partial charge in [0.05, 0.1) is 19.5 Å². The minimum atomic E-state index is 0.733. The number of likely N-dealkylation sites (tertiary alicyclic amines) is 1. The Morgan fingerprint density at radius 2 is 2.19 bits per heavy atom. The van der Waals surface area contributed by atoms with Crippen molar-refractivity contribution in [2.45, 2.75) is 32.6 Å². The first-order valence-corrected chi connectivity index (χ1v) is 10.2.